The number of aliphatic hydroxyl groups is 1. The van der Waals surface area contributed by atoms with Crippen molar-refractivity contribution in [3.63, 3.8) is 0 Å². The normalized spacial score (nSPS) is 15.4. The summed E-state index contributed by atoms with van der Waals surface area (Å²) in [6, 6.07) is 2.72. The lowest BCUT2D eigenvalue weighted by Crippen LogP contribution is -2.25. The molecule has 0 aromatic heterocycles. The third-order valence-corrected chi connectivity index (χ3v) is 4.12. The largest absolute Gasteiger partial charge is 0.416 e. The average Bonchev–Trinajstić information content (AvgIpc) is 2.51. The van der Waals surface area contributed by atoms with E-state index in [2.05, 4.69) is 0 Å². The molecule has 1 nitrogen and oxygen atoms in total. The van der Waals surface area contributed by atoms with Gasteiger partial charge < -0.3 is 5.11 Å². The summed E-state index contributed by atoms with van der Waals surface area (Å²) in [6.07, 6.45) is -15.1. The lowest BCUT2D eigenvalue weighted by Gasteiger charge is -2.27. The molecule has 1 N–H and O–H groups in total. The Morgan fingerprint density at radius 2 is 0.786 bits per heavy atom. The van der Waals surface area contributed by atoms with Gasteiger partial charge >= 0.3 is 18.5 Å². The molecule has 2 aromatic rings. The predicted molar refractivity (Wildman–Crippen MR) is 81.3 cm³/mol. The lowest BCUT2D eigenvalue weighted by molar-refractivity contribution is -0.143. The maximum atomic E-state index is 13.0. The molecule has 0 saturated heterocycles. The molecule has 28 heavy (non-hydrogen) atoms. The first kappa shape index (κ1) is 22.1. The van der Waals surface area contributed by atoms with Crippen LogP contribution in [0.3, 0.4) is 0 Å². The maximum absolute atomic E-state index is 13.0. The molecule has 154 valence electrons. The number of halogens is 9. The molecule has 0 aliphatic heterocycles. The minimum Gasteiger partial charge on any atom is -0.381 e. The summed E-state index contributed by atoms with van der Waals surface area (Å²) in [4.78, 5) is 0. The zero-order valence-corrected chi connectivity index (χ0v) is 14.3. The molecule has 0 fully saturated rings. The van der Waals surface area contributed by atoms with Crippen LogP contribution in [0.25, 0.3) is 0 Å². The summed E-state index contributed by atoms with van der Waals surface area (Å²) in [5.41, 5.74) is -8.41. The van der Waals surface area contributed by atoms with Crippen molar-refractivity contribution < 1.29 is 44.6 Å². The Labute approximate surface area is 153 Å². The highest BCUT2D eigenvalue weighted by atomic mass is 19.4. The fourth-order valence-electron chi connectivity index (χ4n) is 2.63. The second kappa shape index (κ2) is 6.68. The van der Waals surface area contributed by atoms with E-state index in [1.807, 2.05) is 0 Å². The van der Waals surface area contributed by atoms with E-state index >= 15 is 0 Å². The van der Waals surface area contributed by atoms with Gasteiger partial charge in [0.05, 0.1) is 16.7 Å². The first-order chi connectivity index (χ1) is 12.4. The summed E-state index contributed by atoms with van der Waals surface area (Å²) < 4.78 is 117. The number of aryl methyl sites for hydroxylation is 1. The van der Waals surface area contributed by atoms with E-state index in [9.17, 15) is 44.6 Å². The molecule has 0 aliphatic rings. The van der Waals surface area contributed by atoms with Crippen molar-refractivity contribution in [2.75, 3.05) is 0 Å². The van der Waals surface area contributed by atoms with Gasteiger partial charge in [0.1, 0.15) is 5.60 Å². The van der Waals surface area contributed by atoms with Gasteiger partial charge in [0.25, 0.3) is 0 Å². The number of hydrogen-bond acceptors (Lipinski definition) is 1. The van der Waals surface area contributed by atoms with Crippen molar-refractivity contribution in [3.05, 3.63) is 69.8 Å². The summed E-state index contributed by atoms with van der Waals surface area (Å²) in [7, 11) is 0. The SMILES string of the molecule is Cc1cc(C(F)(F)F)cc(C(C)(O)c2cc(C(F)(F)F)cc(C(F)(F)F)c2)c1. The van der Waals surface area contributed by atoms with Gasteiger partial charge in [0, 0.05) is 0 Å². The highest BCUT2D eigenvalue weighted by Crippen LogP contribution is 2.41. The van der Waals surface area contributed by atoms with Gasteiger partial charge in [0.2, 0.25) is 0 Å². The van der Waals surface area contributed by atoms with E-state index in [0.29, 0.717) is 6.07 Å². The van der Waals surface area contributed by atoms with Crippen LogP contribution in [0.5, 0.6) is 0 Å². The van der Waals surface area contributed by atoms with Crippen molar-refractivity contribution in [1.82, 2.24) is 0 Å². The number of hydrogen-bond donors (Lipinski definition) is 1. The number of benzene rings is 2. The molecule has 0 heterocycles. The minimum atomic E-state index is -5.16. The summed E-state index contributed by atoms with van der Waals surface area (Å²) in [5, 5.41) is 10.7. The van der Waals surface area contributed by atoms with Gasteiger partial charge in [-0.3, -0.25) is 0 Å². The van der Waals surface area contributed by atoms with E-state index in [4.69, 9.17) is 0 Å². The molecular weight excluding hydrogens is 403 g/mol. The monoisotopic (exact) mass is 416 g/mol. The molecule has 2 rings (SSSR count). The van der Waals surface area contributed by atoms with E-state index in [1.54, 1.807) is 0 Å². The van der Waals surface area contributed by atoms with Crippen molar-refractivity contribution in [2.24, 2.45) is 0 Å². The molecule has 0 radical (unpaired) electrons. The Morgan fingerprint density at radius 1 is 0.536 bits per heavy atom. The summed E-state index contributed by atoms with van der Waals surface area (Å²) in [5.74, 6) is 0. The van der Waals surface area contributed by atoms with Gasteiger partial charge in [-0.05, 0) is 55.3 Å². The minimum absolute atomic E-state index is 0.0214. The molecule has 2 aromatic carbocycles. The quantitative estimate of drug-likeness (QED) is 0.569. The van der Waals surface area contributed by atoms with Crippen LogP contribution in [0.2, 0.25) is 0 Å². The van der Waals surface area contributed by atoms with E-state index in [-0.39, 0.29) is 23.8 Å². The van der Waals surface area contributed by atoms with Crippen LogP contribution in [-0.2, 0) is 24.1 Å². The summed E-state index contributed by atoms with van der Waals surface area (Å²) in [6.45, 7) is 2.08. The standard InChI is InChI=1S/C18H13F9O/c1-9-3-10(5-12(4-9)16(19,20)21)15(2,28)11-6-13(17(22,23)24)8-14(7-11)18(25,26)27/h3-8,28H,1-2H3. The molecule has 0 aliphatic carbocycles. The Balaban J connectivity index is 2.74. The first-order valence-corrected chi connectivity index (χ1v) is 7.64. The molecule has 0 saturated carbocycles. The smallest absolute Gasteiger partial charge is 0.381 e. The van der Waals surface area contributed by atoms with Crippen LogP contribution >= 0.6 is 0 Å². The van der Waals surface area contributed by atoms with Gasteiger partial charge in [-0.15, -0.1) is 0 Å². The van der Waals surface area contributed by atoms with E-state index < -0.39 is 51.9 Å². The topological polar surface area (TPSA) is 20.2 Å². The molecule has 1 atom stereocenters. The molecular formula is C18H13F9O. The van der Waals surface area contributed by atoms with Gasteiger partial charge in [-0.2, -0.15) is 39.5 Å². The first-order valence-electron chi connectivity index (χ1n) is 7.64. The number of alkyl halides is 9. The third-order valence-electron chi connectivity index (χ3n) is 4.12. The fourth-order valence-corrected chi connectivity index (χ4v) is 2.63. The molecule has 1 unspecified atom stereocenters. The Kier molecular flexibility index (Phi) is 5.26. The van der Waals surface area contributed by atoms with Crippen LogP contribution in [0.4, 0.5) is 39.5 Å². The highest BCUT2D eigenvalue weighted by molar-refractivity contribution is 5.44. The van der Waals surface area contributed by atoms with Gasteiger partial charge in [-0.25, -0.2) is 0 Å². The van der Waals surface area contributed by atoms with Crippen LogP contribution in [0.1, 0.15) is 40.3 Å². The van der Waals surface area contributed by atoms with Crippen molar-refractivity contribution in [1.29, 1.82) is 0 Å². The lowest BCUT2D eigenvalue weighted by atomic mass is 9.84. The Hall–Kier alpha value is -2.23. The molecule has 0 spiro atoms. The van der Waals surface area contributed by atoms with Crippen molar-refractivity contribution in [3.8, 4) is 0 Å². The van der Waals surface area contributed by atoms with Crippen LogP contribution in [0, 0.1) is 6.92 Å². The number of rotatable bonds is 2. The Bertz CT molecular complexity index is 842. The zero-order valence-electron chi connectivity index (χ0n) is 14.3. The van der Waals surface area contributed by atoms with Gasteiger partial charge in [0.15, 0.2) is 0 Å². The molecule has 0 amide bonds. The van der Waals surface area contributed by atoms with Crippen LogP contribution in [0.15, 0.2) is 36.4 Å². The van der Waals surface area contributed by atoms with Crippen LogP contribution in [-0.4, -0.2) is 5.11 Å². The second-order valence-electron chi connectivity index (χ2n) is 6.45. The van der Waals surface area contributed by atoms with Crippen LogP contribution < -0.4 is 0 Å². The fraction of sp³-hybridized carbons (Fsp3) is 0.333. The van der Waals surface area contributed by atoms with E-state index in [1.165, 1.54) is 6.92 Å². The maximum Gasteiger partial charge on any atom is 0.416 e. The highest BCUT2D eigenvalue weighted by Gasteiger charge is 2.40. The summed E-state index contributed by atoms with van der Waals surface area (Å²) >= 11 is 0. The Morgan fingerprint density at radius 3 is 1.14 bits per heavy atom. The molecule has 10 heteroatoms. The molecule has 0 bridgehead atoms. The van der Waals surface area contributed by atoms with Crippen molar-refractivity contribution in [2.45, 2.75) is 38.0 Å². The third kappa shape index (κ3) is 4.60. The predicted octanol–water partition coefficient (Wildman–Crippen LogP) is 6.31. The van der Waals surface area contributed by atoms with Crippen molar-refractivity contribution >= 4 is 0 Å². The second-order valence-corrected chi connectivity index (χ2v) is 6.45. The van der Waals surface area contributed by atoms with E-state index in [0.717, 1.165) is 19.1 Å². The zero-order chi connectivity index (χ0) is 21.7. The average molecular weight is 416 g/mol. The van der Waals surface area contributed by atoms with Gasteiger partial charge in [-0.1, -0.05) is 11.6 Å².